The quantitative estimate of drug-likeness (QED) is 0.202. The molecule has 0 aliphatic heterocycles. The van der Waals surface area contributed by atoms with Crippen LogP contribution in [0.2, 0.25) is 0 Å². The van der Waals surface area contributed by atoms with Gasteiger partial charge in [-0.1, -0.05) is 78.9 Å². The van der Waals surface area contributed by atoms with E-state index < -0.39 is 0 Å². The third kappa shape index (κ3) is 3.83. The average molecular weight is 603 g/mol. The molecule has 5 aromatic heterocycles. The first kappa shape index (κ1) is 25.8. The van der Waals surface area contributed by atoms with Crippen molar-refractivity contribution in [2.45, 2.75) is 0 Å². The molecule has 0 N–H and O–H groups in total. The molecule has 220 valence electrons. The molecule has 9 aromatic rings. The lowest BCUT2D eigenvalue weighted by molar-refractivity contribution is 0.670. The van der Waals surface area contributed by atoms with Gasteiger partial charge in [0.2, 0.25) is 0 Å². The Bertz CT molecular complexity index is 2630. The molecule has 1 aliphatic rings. The lowest BCUT2D eigenvalue weighted by atomic mass is 9.89. The Hall–Kier alpha value is -6.46. The third-order valence-electron chi connectivity index (χ3n) is 9.28. The van der Waals surface area contributed by atoms with Gasteiger partial charge in [0.25, 0.3) is 0 Å². The van der Waals surface area contributed by atoms with E-state index in [-0.39, 0.29) is 0 Å². The monoisotopic (exact) mass is 602 g/mol. The maximum Gasteiger partial charge on any atom is 0.143 e. The van der Waals surface area contributed by atoms with Crippen LogP contribution in [0, 0.1) is 0 Å². The van der Waals surface area contributed by atoms with Crippen LogP contribution in [0.25, 0.3) is 89.5 Å². The molecular weight excluding hydrogens is 576 g/mol. The number of hydrogen-bond donors (Lipinski definition) is 0. The first-order chi connectivity index (χ1) is 23.3. The van der Waals surface area contributed by atoms with Crippen molar-refractivity contribution < 1.29 is 4.42 Å². The summed E-state index contributed by atoms with van der Waals surface area (Å²) in [7, 11) is 0. The van der Waals surface area contributed by atoms with Gasteiger partial charge in [0.05, 0.1) is 22.8 Å². The van der Waals surface area contributed by atoms with E-state index in [0.29, 0.717) is 0 Å². The summed E-state index contributed by atoms with van der Waals surface area (Å²) in [6.07, 6.45) is 8.18. The molecule has 0 atom stereocenters. The highest BCUT2D eigenvalue weighted by atomic mass is 16.3. The summed E-state index contributed by atoms with van der Waals surface area (Å²) in [5.74, 6) is 0. The largest absolute Gasteiger partial charge is 0.455 e. The van der Waals surface area contributed by atoms with E-state index in [1.165, 1.54) is 0 Å². The van der Waals surface area contributed by atoms with Gasteiger partial charge < -0.3 is 13.6 Å². The van der Waals surface area contributed by atoms with Crippen LogP contribution in [-0.4, -0.2) is 19.1 Å². The molecule has 5 heterocycles. The van der Waals surface area contributed by atoms with Crippen molar-refractivity contribution in [3.05, 3.63) is 158 Å². The SMILES string of the molecule is c1ccc(-n2ccc3c2-c2ccn(-c4ccccc4)c2-c2ncc(-c4cccc5c4oc4ccccc45)cc2-c2cccnc2-3)cc1. The van der Waals surface area contributed by atoms with Crippen molar-refractivity contribution in [2.24, 2.45) is 0 Å². The third-order valence-corrected chi connectivity index (χ3v) is 9.28. The van der Waals surface area contributed by atoms with E-state index in [9.17, 15) is 0 Å². The second kappa shape index (κ2) is 10.0. The number of furan rings is 1. The lowest BCUT2D eigenvalue weighted by Gasteiger charge is -2.22. The minimum absolute atomic E-state index is 0.864. The maximum absolute atomic E-state index is 6.46. The Balaban J connectivity index is 1.29. The zero-order chi connectivity index (χ0) is 30.9. The summed E-state index contributed by atoms with van der Waals surface area (Å²) < 4.78 is 11.0. The Morgan fingerprint density at radius 1 is 0.468 bits per heavy atom. The molecule has 0 saturated carbocycles. The molecule has 0 fully saturated rings. The van der Waals surface area contributed by atoms with Gasteiger partial charge in [0.1, 0.15) is 11.2 Å². The number of para-hydroxylation sites is 4. The molecule has 47 heavy (non-hydrogen) atoms. The van der Waals surface area contributed by atoms with Gasteiger partial charge in [-0.3, -0.25) is 9.97 Å². The number of benzene rings is 4. The average Bonchev–Trinajstić information content (AvgIpc) is 3.87. The van der Waals surface area contributed by atoms with Gasteiger partial charge in [-0.2, -0.15) is 0 Å². The van der Waals surface area contributed by atoms with E-state index in [0.717, 1.165) is 89.5 Å². The summed E-state index contributed by atoms with van der Waals surface area (Å²) in [5.41, 5.74) is 14.1. The van der Waals surface area contributed by atoms with Crippen LogP contribution in [0.5, 0.6) is 0 Å². The highest BCUT2D eigenvalue weighted by Crippen LogP contribution is 2.49. The molecule has 0 unspecified atom stereocenters. The number of pyridine rings is 2. The normalized spacial score (nSPS) is 11.8. The highest BCUT2D eigenvalue weighted by molar-refractivity contribution is 6.10. The van der Waals surface area contributed by atoms with Crippen molar-refractivity contribution in [1.82, 2.24) is 19.1 Å². The summed E-state index contributed by atoms with van der Waals surface area (Å²) in [6, 6.07) is 46.4. The predicted molar refractivity (Wildman–Crippen MR) is 189 cm³/mol. The standard InChI is InChI=1S/C42H26N4O/c1-3-11-28(12-4-1)45-23-20-34-38-32(18-10-22-43-38)36-25-27(30-16-9-17-33-31-15-7-8-19-37(31)47-42(30)33)26-44-39(36)41-35(40(34)45)21-24-46(41)29-13-5-2-6-14-29/h1-26H. The van der Waals surface area contributed by atoms with Crippen molar-refractivity contribution in [3.63, 3.8) is 0 Å². The van der Waals surface area contributed by atoms with Crippen molar-refractivity contribution in [1.29, 1.82) is 0 Å². The van der Waals surface area contributed by atoms with Crippen LogP contribution >= 0.6 is 0 Å². The first-order valence-corrected chi connectivity index (χ1v) is 15.7. The Labute approximate surface area is 270 Å². The van der Waals surface area contributed by atoms with Crippen LogP contribution in [0.1, 0.15) is 0 Å². The molecule has 0 saturated heterocycles. The van der Waals surface area contributed by atoms with Crippen molar-refractivity contribution in [2.75, 3.05) is 0 Å². The van der Waals surface area contributed by atoms with E-state index in [2.05, 4.69) is 137 Å². The first-order valence-electron chi connectivity index (χ1n) is 15.7. The van der Waals surface area contributed by atoms with Crippen LogP contribution < -0.4 is 0 Å². The fourth-order valence-electron chi connectivity index (χ4n) is 7.19. The summed E-state index contributed by atoms with van der Waals surface area (Å²) in [6.45, 7) is 0. The van der Waals surface area contributed by atoms with E-state index in [1.807, 2.05) is 30.6 Å². The minimum Gasteiger partial charge on any atom is -0.455 e. The number of hydrogen-bond acceptors (Lipinski definition) is 3. The fraction of sp³-hybridized carbons (Fsp3) is 0. The van der Waals surface area contributed by atoms with E-state index >= 15 is 0 Å². The van der Waals surface area contributed by atoms with Crippen LogP contribution in [0.4, 0.5) is 0 Å². The molecule has 0 bridgehead atoms. The zero-order valence-corrected chi connectivity index (χ0v) is 25.2. The van der Waals surface area contributed by atoms with Crippen LogP contribution in [0.15, 0.2) is 163 Å². The predicted octanol–water partition coefficient (Wildman–Crippen LogP) is 10.6. The molecule has 10 rings (SSSR count). The lowest BCUT2D eigenvalue weighted by Crippen LogP contribution is -2.05. The van der Waals surface area contributed by atoms with Crippen LogP contribution in [-0.2, 0) is 0 Å². The summed E-state index contributed by atoms with van der Waals surface area (Å²) in [4.78, 5) is 10.3. The molecule has 4 aromatic carbocycles. The Morgan fingerprint density at radius 2 is 1.15 bits per heavy atom. The zero-order valence-electron chi connectivity index (χ0n) is 25.2. The maximum atomic E-state index is 6.46. The number of rotatable bonds is 3. The smallest absolute Gasteiger partial charge is 0.143 e. The number of nitrogens with zero attached hydrogens (tertiary/aromatic N) is 4. The fourth-order valence-corrected chi connectivity index (χ4v) is 7.19. The van der Waals surface area contributed by atoms with E-state index in [4.69, 9.17) is 14.4 Å². The van der Waals surface area contributed by atoms with Crippen molar-refractivity contribution >= 4 is 21.9 Å². The summed E-state index contributed by atoms with van der Waals surface area (Å²) in [5, 5.41) is 2.21. The number of fused-ring (bicyclic) bond motifs is 11. The minimum atomic E-state index is 0.864. The molecule has 5 nitrogen and oxygen atoms in total. The number of aromatic nitrogens is 4. The van der Waals surface area contributed by atoms with E-state index in [1.54, 1.807) is 0 Å². The van der Waals surface area contributed by atoms with Gasteiger partial charge >= 0.3 is 0 Å². The molecule has 5 heteroatoms. The second-order valence-corrected chi connectivity index (χ2v) is 11.9. The van der Waals surface area contributed by atoms with Crippen LogP contribution in [0.3, 0.4) is 0 Å². The molecular formula is C42H26N4O. The molecule has 0 radical (unpaired) electrons. The van der Waals surface area contributed by atoms with Crippen molar-refractivity contribution in [3.8, 4) is 67.5 Å². The molecule has 0 amide bonds. The van der Waals surface area contributed by atoms with Gasteiger partial charge in [0, 0.05) is 80.3 Å². The molecule has 1 aliphatic carbocycles. The van der Waals surface area contributed by atoms with Gasteiger partial charge in [-0.05, 0) is 54.6 Å². The van der Waals surface area contributed by atoms with Gasteiger partial charge in [-0.15, -0.1) is 0 Å². The molecule has 0 spiro atoms. The topological polar surface area (TPSA) is 48.8 Å². The highest BCUT2D eigenvalue weighted by Gasteiger charge is 2.29. The Kier molecular flexibility index (Phi) is 5.51. The summed E-state index contributed by atoms with van der Waals surface area (Å²) >= 11 is 0. The van der Waals surface area contributed by atoms with Gasteiger partial charge in [0.15, 0.2) is 0 Å². The van der Waals surface area contributed by atoms with Gasteiger partial charge in [-0.25, -0.2) is 0 Å². The Morgan fingerprint density at radius 3 is 1.96 bits per heavy atom. The second-order valence-electron chi connectivity index (χ2n) is 11.9.